The van der Waals surface area contributed by atoms with E-state index in [9.17, 15) is 4.79 Å². The third-order valence-electron chi connectivity index (χ3n) is 3.96. The minimum atomic E-state index is -0.0104. The highest BCUT2D eigenvalue weighted by atomic mass is 16.2. The molecule has 0 aliphatic carbocycles. The first-order valence-corrected chi connectivity index (χ1v) is 7.66. The summed E-state index contributed by atoms with van der Waals surface area (Å²) in [7, 11) is 0. The SMILES string of the molecule is Cc1ccc(Nc2nccc(C3CCN(C(=O)CN)C3)n2)nc1. The lowest BCUT2D eigenvalue weighted by Crippen LogP contribution is -2.33. The summed E-state index contributed by atoms with van der Waals surface area (Å²) in [4.78, 5) is 26.6. The van der Waals surface area contributed by atoms with Crippen molar-refractivity contribution in [3.8, 4) is 0 Å². The lowest BCUT2D eigenvalue weighted by Gasteiger charge is -2.15. The smallest absolute Gasteiger partial charge is 0.236 e. The van der Waals surface area contributed by atoms with E-state index >= 15 is 0 Å². The van der Waals surface area contributed by atoms with Crippen LogP contribution in [-0.4, -0.2) is 45.4 Å². The van der Waals surface area contributed by atoms with E-state index in [1.54, 1.807) is 17.3 Å². The molecular formula is C16H20N6O. The summed E-state index contributed by atoms with van der Waals surface area (Å²) in [6.45, 7) is 3.44. The summed E-state index contributed by atoms with van der Waals surface area (Å²) in [6, 6.07) is 5.77. The standard InChI is InChI=1S/C16H20N6O/c1-11-2-3-14(19-9-11)21-16-18-6-4-13(20-16)12-5-7-22(10-12)15(23)8-17/h2-4,6,9,12H,5,7-8,10,17H2,1H3,(H,18,19,20,21). The second-order valence-electron chi connectivity index (χ2n) is 5.68. The van der Waals surface area contributed by atoms with Crippen molar-refractivity contribution < 1.29 is 4.79 Å². The van der Waals surface area contributed by atoms with Gasteiger partial charge in [-0.25, -0.2) is 15.0 Å². The Balaban J connectivity index is 1.70. The number of likely N-dealkylation sites (tertiary alicyclic amines) is 1. The predicted molar refractivity (Wildman–Crippen MR) is 87.3 cm³/mol. The summed E-state index contributed by atoms with van der Waals surface area (Å²) < 4.78 is 0. The molecule has 3 rings (SSSR count). The molecule has 0 spiro atoms. The maximum Gasteiger partial charge on any atom is 0.236 e. The Kier molecular flexibility index (Phi) is 4.47. The molecule has 1 unspecified atom stereocenters. The van der Waals surface area contributed by atoms with Gasteiger partial charge >= 0.3 is 0 Å². The monoisotopic (exact) mass is 312 g/mol. The van der Waals surface area contributed by atoms with Crippen LogP contribution in [-0.2, 0) is 4.79 Å². The predicted octanol–water partition coefficient (Wildman–Crippen LogP) is 1.20. The van der Waals surface area contributed by atoms with Gasteiger partial charge in [0.15, 0.2) is 0 Å². The van der Waals surface area contributed by atoms with Gasteiger partial charge in [-0.3, -0.25) is 4.79 Å². The molecule has 3 N–H and O–H groups in total. The van der Waals surface area contributed by atoms with Crippen molar-refractivity contribution in [3.05, 3.63) is 41.9 Å². The van der Waals surface area contributed by atoms with Crippen molar-refractivity contribution in [2.45, 2.75) is 19.3 Å². The van der Waals surface area contributed by atoms with Crippen LogP contribution < -0.4 is 11.1 Å². The van der Waals surface area contributed by atoms with Gasteiger partial charge in [-0.05, 0) is 31.0 Å². The fourth-order valence-electron chi connectivity index (χ4n) is 2.67. The molecule has 1 fully saturated rings. The van der Waals surface area contributed by atoms with Gasteiger partial charge in [0.2, 0.25) is 11.9 Å². The fraction of sp³-hybridized carbons (Fsp3) is 0.375. The minimum absolute atomic E-state index is 0.0104. The summed E-state index contributed by atoms with van der Waals surface area (Å²) in [6.07, 6.45) is 4.41. The van der Waals surface area contributed by atoms with E-state index in [-0.39, 0.29) is 18.4 Å². The Hall–Kier alpha value is -2.54. The van der Waals surface area contributed by atoms with Gasteiger partial charge in [0.05, 0.1) is 12.2 Å². The van der Waals surface area contributed by atoms with Crippen LogP contribution in [0.4, 0.5) is 11.8 Å². The van der Waals surface area contributed by atoms with Crippen molar-refractivity contribution in [1.82, 2.24) is 19.9 Å². The first-order chi connectivity index (χ1) is 11.2. The number of carbonyl (C=O) groups is 1. The third kappa shape index (κ3) is 3.62. The van der Waals surface area contributed by atoms with Crippen molar-refractivity contribution in [2.75, 3.05) is 25.0 Å². The molecular weight excluding hydrogens is 292 g/mol. The van der Waals surface area contributed by atoms with Crippen molar-refractivity contribution in [1.29, 1.82) is 0 Å². The van der Waals surface area contributed by atoms with Gasteiger partial charge in [-0.15, -0.1) is 0 Å². The van der Waals surface area contributed by atoms with Crippen molar-refractivity contribution in [3.63, 3.8) is 0 Å². The average Bonchev–Trinajstić information content (AvgIpc) is 3.07. The largest absolute Gasteiger partial charge is 0.341 e. The van der Waals surface area contributed by atoms with E-state index in [1.165, 1.54) is 0 Å². The topological polar surface area (TPSA) is 97.0 Å². The van der Waals surface area contributed by atoms with E-state index < -0.39 is 0 Å². The van der Waals surface area contributed by atoms with Crippen LogP contribution in [0.5, 0.6) is 0 Å². The molecule has 2 aromatic rings. The molecule has 0 saturated carbocycles. The Labute approximate surface area is 135 Å². The fourth-order valence-corrected chi connectivity index (χ4v) is 2.67. The number of hydrogen-bond donors (Lipinski definition) is 2. The number of hydrogen-bond acceptors (Lipinski definition) is 6. The molecule has 1 aliphatic heterocycles. The number of nitrogens with zero attached hydrogens (tertiary/aromatic N) is 4. The average molecular weight is 312 g/mol. The second-order valence-corrected chi connectivity index (χ2v) is 5.68. The second kappa shape index (κ2) is 6.70. The summed E-state index contributed by atoms with van der Waals surface area (Å²) in [5, 5.41) is 3.11. The Morgan fingerprint density at radius 1 is 1.39 bits per heavy atom. The lowest BCUT2D eigenvalue weighted by molar-refractivity contribution is -0.128. The van der Waals surface area contributed by atoms with E-state index in [0.717, 1.165) is 24.2 Å². The van der Waals surface area contributed by atoms with Gasteiger partial charge in [0, 0.05) is 31.4 Å². The third-order valence-corrected chi connectivity index (χ3v) is 3.96. The van der Waals surface area contributed by atoms with Crippen LogP contribution in [0.1, 0.15) is 23.6 Å². The maximum atomic E-state index is 11.7. The van der Waals surface area contributed by atoms with Gasteiger partial charge in [0.1, 0.15) is 5.82 Å². The minimum Gasteiger partial charge on any atom is -0.341 e. The number of rotatable bonds is 4. The quantitative estimate of drug-likeness (QED) is 0.880. The van der Waals surface area contributed by atoms with Crippen LogP contribution in [0.2, 0.25) is 0 Å². The Morgan fingerprint density at radius 3 is 3.00 bits per heavy atom. The number of nitrogens with two attached hydrogens (primary N) is 1. The van der Waals surface area contributed by atoms with Crippen LogP contribution in [0.15, 0.2) is 30.6 Å². The molecule has 7 nitrogen and oxygen atoms in total. The van der Waals surface area contributed by atoms with Gasteiger partial charge < -0.3 is 16.0 Å². The molecule has 1 atom stereocenters. The molecule has 1 aliphatic rings. The van der Waals surface area contributed by atoms with Gasteiger partial charge in [-0.2, -0.15) is 0 Å². The first kappa shape index (κ1) is 15.4. The number of nitrogens with one attached hydrogen (secondary N) is 1. The zero-order valence-corrected chi connectivity index (χ0v) is 13.1. The van der Waals surface area contributed by atoms with Gasteiger partial charge in [0.25, 0.3) is 0 Å². The molecule has 7 heteroatoms. The molecule has 1 saturated heterocycles. The summed E-state index contributed by atoms with van der Waals surface area (Å²) in [5.41, 5.74) is 7.45. The van der Waals surface area contributed by atoms with E-state index in [4.69, 9.17) is 5.73 Å². The molecule has 2 aromatic heterocycles. The Morgan fingerprint density at radius 2 is 2.26 bits per heavy atom. The van der Waals surface area contributed by atoms with Crippen LogP contribution in [0.3, 0.4) is 0 Å². The van der Waals surface area contributed by atoms with E-state index in [1.807, 2.05) is 25.1 Å². The van der Waals surface area contributed by atoms with Crippen LogP contribution in [0.25, 0.3) is 0 Å². The molecule has 3 heterocycles. The lowest BCUT2D eigenvalue weighted by atomic mass is 10.1. The van der Waals surface area contributed by atoms with Crippen LogP contribution in [0, 0.1) is 6.92 Å². The molecule has 23 heavy (non-hydrogen) atoms. The normalized spacial score (nSPS) is 17.3. The number of aromatic nitrogens is 3. The van der Waals surface area contributed by atoms with E-state index in [2.05, 4.69) is 20.3 Å². The number of pyridine rings is 1. The maximum absolute atomic E-state index is 11.7. The number of aryl methyl sites for hydroxylation is 1. The highest BCUT2D eigenvalue weighted by molar-refractivity contribution is 5.78. The zero-order valence-electron chi connectivity index (χ0n) is 13.1. The van der Waals surface area contributed by atoms with E-state index in [0.29, 0.717) is 18.3 Å². The summed E-state index contributed by atoms with van der Waals surface area (Å²) in [5.74, 6) is 1.44. The molecule has 0 aromatic carbocycles. The molecule has 0 radical (unpaired) electrons. The van der Waals surface area contributed by atoms with Crippen molar-refractivity contribution in [2.24, 2.45) is 5.73 Å². The number of anilines is 2. The summed E-state index contributed by atoms with van der Waals surface area (Å²) >= 11 is 0. The van der Waals surface area contributed by atoms with Gasteiger partial charge in [-0.1, -0.05) is 6.07 Å². The first-order valence-electron chi connectivity index (χ1n) is 7.66. The molecule has 0 bridgehead atoms. The Bertz CT molecular complexity index is 687. The molecule has 120 valence electrons. The number of carbonyl (C=O) groups excluding carboxylic acids is 1. The highest BCUT2D eigenvalue weighted by Gasteiger charge is 2.27. The molecule has 1 amide bonds. The highest BCUT2D eigenvalue weighted by Crippen LogP contribution is 2.26. The zero-order chi connectivity index (χ0) is 16.2. The van der Waals surface area contributed by atoms with Crippen LogP contribution >= 0.6 is 0 Å². The number of amides is 1. The van der Waals surface area contributed by atoms with Crippen molar-refractivity contribution >= 4 is 17.7 Å².